The molecule has 0 heterocycles. The monoisotopic (exact) mass is 568 g/mol. The molecular formula is C29H56O5Si3. The number of rotatable bonds is 17. The average Bonchev–Trinajstić information content (AvgIpc) is 2.98. The second-order valence-corrected chi connectivity index (χ2v) is 26.8. The molecule has 37 heavy (non-hydrogen) atoms. The van der Waals surface area contributed by atoms with Gasteiger partial charge in [-0.3, -0.25) is 9.59 Å². The molecule has 0 N–H and O–H groups in total. The van der Waals surface area contributed by atoms with Crippen molar-refractivity contribution >= 4 is 36.7 Å². The van der Waals surface area contributed by atoms with Crippen molar-refractivity contribution in [2.75, 3.05) is 0 Å². The zero-order valence-corrected chi connectivity index (χ0v) is 28.5. The number of unbranched alkanes of at least 4 members (excludes halogenated alkanes) is 3. The summed E-state index contributed by atoms with van der Waals surface area (Å²) < 4.78 is 18.5. The predicted octanol–water partition coefficient (Wildman–Crippen LogP) is 8.26. The molecule has 0 bridgehead atoms. The molecule has 0 aliphatic heterocycles. The van der Waals surface area contributed by atoms with Gasteiger partial charge in [0.1, 0.15) is 5.78 Å². The summed E-state index contributed by atoms with van der Waals surface area (Å²) in [6, 6.07) is 0. The Balaban J connectivity index is 2.87. The van der Waals surface area contributed by atoms with Crippen LogP contribution in [0.15, 0.2) is 24.3 Å². The van der Waals surface area contributed by atoms with E-state index in [-0.39, 0.29) is 30.0 Å². The van der Waals surface area contributed by atoms with Crippen LogP contribution in [0.4, 0.5) is 0 Å². The summed E-state index contributed by atoms with van der Waals surface area (Å²) >= 11 is 0. The number of Topliss-reactive ketones (excluding diaryl/α,β-unsaturated/α-hetero) is 1. The molecule has 214 valence electrons. The van der Waals surface area contributed by atoms with E-state index in [1.54, 1.807) is 0 Å². The van der Waals surface area contributed by atoms with Crippen molar-refractivity contribution in [3.8, 4) is 0 Å². The standard InChI is InChI=1S/C29H56O5Si3/c1-11-12-15-18-24(32-35(2,3)4)21-22-26-25(27(30)23-28(26)33-36(5,6)7)19-16-13-14-17-20-29(31)34-37(8,9)10/h13,16,21-22,24-26,28H,11-12,14-15,17-20,23H2,1-10H3. The van der Waals surface area contributed by atoms with E-state index in [0.717, 1.165) is 25.7 Å². The third kappa shape index (κ3) is 16.0. The SMILES string of the molecule is CCCCCC(C=CC1C(O[Si](C)(C)C)CC(=O)C1CC=CCCCC(=O)O[Si](C)(C)C)O[Si](C)(C)C. The molecule has 4 unspecified atom stereocenters. The fourth-order valence-corrected chi connectivity index (χ4v) is 7.73. The van der Waals surface area contributed by atoms with Gasteiger partial charge in [0.05, 0.1) is 12.2 Å². The van der Waals surface area contributed by atoms with Crippen LogP contribution in [0, 0.1) is 11.8 Å². The summed E-state index contributed by atoms with van der Waals surface area (Å²) in [5.41, 5.74) is 0. The lowest BCUT2D eigenvalue weighted by Gasteiger charge is -2.29. The number of allylic oxidation sites excluding steroid dienone is 2. The van der Waals surface area contributed by atoms with Crippen LogP contribution < -0.4 is 0 Å². The number of hydrogen-bond donors (Lipinski definition) is 0. The Morgan fingerprint density at radius 1 is 0.946 bits per heavy atom. The highest BCUT2D eigenvalue weighted by molar-refractivity contribution is 6.71. The van der Waals surface area contributed by atoms with Gasteiger partial charge in [-0.25, -0.2) is 0 Å². The number of carbonyl (C=O) groups is 2. The lowest BCUT2D eigenvalue weighted by molar-refractivity contribution is -0.135. The van der Waals surface area contributed by atoms with Crippen LogP contribution in [0.1, 0.15) is 64.7 Å². The summed E-state index contributed by atoms with van der Waals surface area (Å²) in [4.78, 5) is 25.0. The van der Waals surface area contributed by atoms with E-state index < -0.39 is 25.0 Å². The quantitative estimate of drug-likeness (QED) is 0.100. The van der Waals surface area contributed by atoms with E-state index in [2.05, 4.69) is 70.5 Å². The molecule has 0 spiro atoms. The molecule has 1 fully saturated rings. The second kappa shape index (κ2) is 15.7. The molecule has 0 aromatic heterocycles. The average molecular weight is 569 g/mol. The Hall–Kier alpha value is -0.809. The van der Waals surface area contributed by atoms with Gasteiger partial charge in [0.2, 0.25) is 8.32 Å². The third-order valence-electron chi connectivity index (χ3n) is 6.09. The second-order valence-electron chi connectivity index (χ2n) is 13.5. The molecule has 0 radical (unpaired) electrons. The summed E-state index contributed by atoms with van der Waals surface area (Å²) in [6.45, 7) is 21.6. The van der Waals surface area contributed by atoms with E-state index in [9.17, 15) is 9.59 Å². The van der Waals surface area contributed by atoms with Crippen molar-refractivity contribution in [3.63, 3.8) is 0 Å². The fraction of sp³-hybridized carbons (Fsp3) is 0.793. The highest BCUT2D eigenvalue weighted by atomic mass is 28.4. The lowest BCUT2D eigenvalue weighted by Crippen LogP contribution is -2.35. The highest BCUT2D eigenvalue weighted by Gasteiger charge is 2.42. The van der Waals surface area contributed by atoms with E-state index in [1.165, 1.54) is 12.8 Å². The largest absolute Gasteiger partial charge is 0.520 e. The first kappa shape index (κ1) is 34.2. The van der Waals surface area contributed by atoms with Gasteiger partial charge in [-0.15, -0.1) is 0 Å². The predicted molar refractivity (Wildman–Crippen MR) is 163 cm³/mol. The molecule has 0 aromatic carbocycles. The Morgan fingerprint density at radius 2 is 1.62 bits per heavy atom. The molecule has 0 aromatic rings. The Bertz CT molecular complexity index is 759. The Labute approximate surface area is 231 Å². The van der Waals surface area contributed by atoms with Crippen molar-refractivity contribution in [2.24, 2.45) is 11.8 Å². The third-order valence-corrected chi connectivity index (χ3v) is 8.95. The molecule has 1 rings (SSSR count). The number of hydrogen-bond acceptors (Lipinski definition) is 5. The van der Waals surface area contributed by atoms with E-state index in [1.807, 2.05) is 19.6 Å². The van der Waals surface area contributed by atoms with Gasteiger partial charge >= 0.3 is 0 Å². The first-order chi connectivity index (χ1) is 17.0. The minimum atomic E-state index is -1.82. The zero-order chi connectivity index (χ0) is 28.3. The van der Waals surface area contributed by atoms with Crippen LogP contribution >= 0.6 is 0 Å². The Morgan fingerprint density at radius 3 is 2.19 bits per heavy atom. The summed E-state index contributed by atoms with van der Waals surface area (Å²) in [5, 5.41) is 0. The van der Waals surface area contributed by atoms with Gasteiger partial charge in [-0.2, -0.15) is 0 Å². The lowest BCUT2D eigenvalue weighted by atomic mass is 9.90. The van der Waals surface area contributed by atoms with Crippen LogP contribution in [-0.2, 0) is 22.9 Å². The van der Waals surface area contributed by atoms with Crippen molar-refractivity contribution < 1.29 is 22.9 Å². The maximum atomic E-state index is 13.1. The van der Waals surface area contributed by atoms with Crippen LogP contribution in [-0.4, -0.2) is 48.9 Å². The maximum Gasteiger partial charge on any atom is 0.292 e. The van der Waals surface area contributed by atoms with Crippen LogP contribution in [0.5, 0.6) is 0 Å². The van der Waals surface area contributed by atoms with Gasteiger partial charge in [0.15, 0.2) is 16.6 Å². The van der Waals surface area contributed by atoms with Gasteiger partial charge in [-0.05, 0) is 84.6 Å². The molecule has 4 atom stereocenters. The molecule has 1 aliphatic rings. The van der Waals surface area contributed by atoms with Gasteiger partial charge in [-0.1, -0.05) is 50.5 Å². The van der Waals surface area contributed by atoms with Crippen molar-refractivity contribution in [3.05, 3.63) is 24.3 Å². The molecular weight excluding hydrogens is 513 g/mol. The first-order valence-electron chi connectivity index (χ1n) is 14.4. The minimum absolute atomic E-state index is 0.0478. The summed E-state index contributed by atoms with van der Waals surface area (Å²) in [6.07, 6.45) is 16.6. The van der Waals surface area contributed by atoms with E-state index in [4.69, 9.17) is 13.3 Å². The van der Waals surface area contributed by atoms with Crippen molar-refractivity contribution in [1.82, 2.24) is 0 Å². The fourth-order valence-electron chi connectivity index (χ4n) is 4.69. The molecule has 5 nitrogen and oxygen atoms in total. The smallest absolute Gasteiger partial charge is 0.292 e. The maximum absolute atomic E-state index is 13.1. The molecule has 0 amide bonds. The summed E-state index contributed by atoms with van der Waals surface area (Å²) in [5.74, 6) is 0.224. The molecule has 1 saturated carbocycles. The Kier molecular flexibility index (Phi) is 14.5. The summed E-state index contributed by atoms with van der Waals surface area (Å²) in [7, 11) is -5.29. The van der Waals surface area contributed by atoms with Gasteiger partial charge in [0, 0.05) is 24.7 Å². The zero-order valence-electron chi connectivity index (χ0n) is 25.5. The topological polar surface area (TPSA) is 61.8 Å². The van der Waals surface area contributed by atoms with Crippen LogP contribution in [0.2, 0.25) is 58.9 Å². The number of ketones is 1. The number of carbonyl (C=O) groups excluding carboxylic acids is 2. The van der Waals surface area contributed by atoms with Crippen molar-refractivity contribution in [2.45, 2.75) is 136 Å². The van der Waals surface area contributed by atoms with Gasteiger partial charge in [0.25, 0.3) is 5.97 Å². The normalized spacial score (nSPS) is 22.3. The van der Waals surface area contributed by atoms with Crippen LogP contribution in [0.3, 0.4) is 0 Å². The van der Waals surface area contributed by atoms with Gasteiger partial charge < -0.3 is 13.3 Å². The first-order valence-corrected chi connectivity index (χ1v) is 24.7. The van der Waals surface area contributed by atoms with Crippen LogP contribution in [0.25, 0.3) is 0 Å². The molecule has 8 heteroatoms. The highest BCUT2D eigenvalue weighted by Crippen LogP contribution is 2.37. The van der Waals surface area contributed by atoms with E-state index in [0.29, 0.717) is 25.0 Å². The van der Waals surface area contributed by atoms with Crippen molar-refractivity contribution in [1.29, 1.82) is 0 Å². The van der Waals surface area contributed by atoms with E-state index >= 15 is 0 Å². The minimum Gasteiger partial charge on any atom is -0.520 e. The molecule has 1 aliphatic carbocycles. The molecule has 0 saturated heterocycles.